The second kappa shape index (κ2) is 3.71. The van der Waals surface area contributed by atoms with Crippen molar-refractivity contribution in [3.63, 3.8) is 0 Å². The molecule has 1 N–H and O–H groups in total. The van der Waals surface area contributed by atoms with E-state index in [-0.39, 0.29) is 24.0 Å². The van der Waals surface area contributed by atoms with Crippen LogP contribution in [0, 0.1) is 11.3 Å². The van der Waals surface area contributed by atoms with Gasteiger partial charge in [0.2, 0.25) is 0 Å². The molecular formula is C15H11F2NO4. The van der Waals surface area contributed by atoms with E-state index in [0.29, 0.717) is 0 Å². The topological polar surface area (TPSA) is 74.7 Å². The van der Waals surface area contributed by atoms with Gasteiger partial charge in [0.25, 0.3) is 17.7 Å². The van der Waals surface area contributed by atoms with Crippen LogP contribution < -0.4 is 0 Å². The van der Waals surface area contributed by atoms with Crippen LogP contribution in [-0.4, -0.2) is 39.8 Å². The zero-order chi connectivity index (χ0) is 15.9. The van der Waals surface area contributed by atoms with E-state index in [0.717, 1.165) is 4.90 Å². The van der Waals surface area contributed by atoms with Crippen LogP contribution in [0.4, 0.5) is 8.78 Å². The molecule has 5 nitrogen and oxygen atoms in total. The van der Waals surface area contributed by atoms with Gasteiger partial charge in [-0.15, -0.1) is 0 Å². The van der Waals surface area contributed by atoms with Gasteiger partial charge in [0.05, 0.1) is 11.1 Å². The molecule has 3 atom stereocenters. The van der Waals surface area contributed by atoms with Crippen LogP contribution in [0.25, 0.3) is 0 Å². The average Bonchev–Trinajstić information content (AvgIpc) is 2.82. The molecule has 1 heterocycles. The maximum atomic E-state index is 13.7. The first-order chi connectivity index (χ1) is 10.3. The Hall–Kier alpha value is -2.31. The van der Waals surface area contributed by atoms with Crippen LogP contribution in [0.2, 0.25) is 0 Å². The summed E-state index contributed by atoms with van der Waals surface area (Å²) < 4.78 is 27.4. The number of fused-ring (bicyclic) bond motifs is 2. The van der Waals surface area contributed by atoms with Gasteiger partial charge in [-0.3, -0.25) is 19.3 Å². The van der Waals surface area contributed by atoms with Crippen LogP contribution in [0.3, 0.4) is 0 Å². The highest BCUT2D eigenvalue weighted by molar-refractivity contribution is 6.21. The van der Waals surface area contributed by atoms with E-state index in [4.69, 9.17) is 5.11 Å². The van der Waals surface area contributed by atoms with Gasteiger partial charge in [-0.1, -0.05) is 12.1 Å². The monoisotopic (exact) mass is 307 g/mol. The van der Waals surface area contributed by atoms with Gasteiger partial charge in [0.15, 0.2) is 0 Å². The fourth-order valence-electron chi connectivity index (χ4n) is 4.00. The Kier molecular flexibility index (Phi) is 2.25. The van der Waals surface area contributed by atoms with Crippen LogP contribution in [0.15, 0.2) is 24.3 Å². The van der Waals surface area contributed by atoms with E-state index < -0.39 is 41.1 Å². The molecule has 22 heavy (non-hydrogen) atoms. The third-order valence-electron chi connectivity index (χ3n) is 5.18. The number of carbonyl (C=O) groups excluding carboxylic acids is 2. The number of aliphatic carboxylic acids is 1. The average molecular weight is 307 g/mol. The lowest BCUT2D eigenvalue weighted by Crippen LogP contribution is -2.41. The molecule has 1 aromatic carbocycles. The minimum atomic E-state index is -3.26. The Bertz CT molecular complexity index is 712. The zero-order valence-electron chi connectivity index (χ0n) is 11.3. The van der Waals surface area contributed by atoms with Crippen molar-refractivity contribution in [2.45, 2.75) is 24.8 Å². The molecule has 0 saturated heterocycles. The number of carbonyl (C=O) groups is 3. The molecule has 4 rings (SSSR count). The van der Waals surface area contributed by atoms with Gasteiger partial charge in [-0.25, -0.2) is 8.78 Å². The van der Waals surface area contributed by atoms with Gasteiger partial charge in [0.1, 0.15) is 5.41 Å². The lowest BCUT2D eigenvalue weighted by atomic mass is 10.0. The number of hydrogen-bond donors (Lipinski definition) is 1. The summed E-state index contributed by atoms with van der Waals surface area (Å²) in [4.78, 5) is 36.9. The van der Waals surface area contributed by atoms with Crippen molar-refractivity contribution in [1.82, 2.24) is 4.90 Å². The van der Waals surface area contributed by atoms with Crippen molar-refractivity contribution in [2.24, 2.45) is 11.3 Å². The van der Waals surface area contributed by atoms with Gasteiger partial charge in [-0.2, -0.15) is 0 Å². The molecule has 114 valence electrons. The largest absolute Gasteiger partial charge is 0.481 e. The lowest BCUT2D eigenvalue weighted by molar-refractivity contribution is -0.148. The summed E-state index contributed by atoms with van der Waals surface area (Å²) in [5.74, 6) is -7.17. The van der Waals surface area contributed by atoms with Crippen molar-refractivity contribution < 1.29 is 28.3 Å². The van der Waals surface area contributed by atoms with Crippen molar-refractivity contribution in [2.75, 3.05) is 0 Å². The summed E-state index contributed by atoms with van der Waals surface area (Å²) in [6.07, 6.45) is -0.545. The first kappa shape index (κ1) is 13.4. The molecule has 0 aromatic heterocycles. The molecule has 0 spiro atoms. The Morgan fingerprint density at radius 2 is 1.73 bits per heavy atom. The van der Waals surface area contributed by atoms with Crippen LogP contribution in [0.1, 0.15) is 33.6 Å². The van der Waals surface area contributed by atoms with E-state index in [1.807, 2.05) is 0 Å². The molecule has 3 aliphatic rings. The number of halogens is 2. The predicted octanol–water partition coefficient (Wildman–Crippen LogP) is 1.78. The Morgan fingerprint density at radius 1 is 1.18 bits per heavy atom. The number of nitrogens with zero attached hydrogens (tertiary/aromatic N) is 1. The number of carboxylic acids is 1. The second-order valence-electron chi connectivity index (χ2n) is 6.07. The first-order valence-corrected chi connectivity index (χ1v) is 6.90. The quantitative estimate of drug-likeness (QED) is 0.845. The van der Waals surface area contributed by atoms with Crippen molar-refractivity contribution in [1.29, 1.82) is 0 Å². The maximum Gasteiger partial charge on any atom is 0.316 e. The summed E-state index contributed by atoms with van der Waals surface area (Å²) in [5.41, 5.74) is -1.64. The Balaban J connectivity index is 1.66. The highest BCUT2D eigenvalue weighted by Gasteiger charge is 2.88. The number of benzene rings is 1. The normalized spacial score (nSPS) is 34.5. The summed E-state index contributed by atoms with van der Waals surface area (Å²) in [6, 6.07) is 5.46. The maximum absolute atomic E-state index is 13.7. The highest BCUT2D eigenvalue weighted by Crippen LogP contribution is 2.74. The molecule has 2 fully saturated rings. The van der Waals surface area contributed by atoms with Gasteiger partial charge >= 0.3 is 5.97 Å². The molecule has 1 aromatic rings. The van der Waals surface area contributed by atoms with E-state index in [1.54, 1.807) is 12.1 Å². The van der Waals surface area contributed by atoms with E-state index in [9.17, 15) is 23.2 Å². The Morgan fingerprint density at radius 3 is 2.18 bits per heavy atom. The minimum Gasteiger partial charge on any atom is -0.481 e. The third kappa shape index (κ3) is 1.25. The molecule has 3 unspecified atom stereocenters. The molecule has 0 bridgehead atoms. The third-order valence-corrected chi connectivity index (χ3v) is 5.18. The first-order valence-electron chi connectivity index (χ1n) is 6.90. The number of hydrogen-bond acceptors (Lipinski definition) is 3. The summed E-state index contributed by atoms with van der Waals surface area (Å²) >= 11 is 0. The number of amides is 2. The Labute approximate surface area is 123 Å². The van der Waals surface area contributed by atoms with Crippen LogP contribution >= 0.6 is 0 Å². The number of imide groups is 1. The van der Waals surface area contributed by atoms with Gasteiger partial charge < -0.3 is 5.11 Å². The smallest absolute Gasteiger partial charge is 0.316 e. The lowest BCUT2D eigenvalue weighted by Gasteiger charge is -2.25. The standard InChI is InChI=1S/C15H11F2NO4/c16-15(17)10-5-7(6-14(10,15)13(21)22)18-11(19)8-3-1-2-4-9(8)12(18)20/h1-4,7,10H,5-6H2,(H,21,22). The summed E-state index contributed by atoms with van der Waals surface area (Å²) in [6.45, 7) is 0. The predicted molar refractivity (Wildman–Crippen MR) is 68.5 cm³/mol. The van der Waals surface area contributed by atoms with Crippen molar-refractivity contribution in [3.05, 3.63) is 35.4 Å². The van der Waals surface area contributed by atoms with Crippen molar-refractivity contribution in [3.8, 4) is 0 Å². The summed E-state index contributed by atoms with van der Waals surface area (Å²) in [7, 11) is 0. The molecule has 2 aliphatic carbocycles. The molecule has 0 radical (unpaired) electrons. The van der Waals surface area contributed by atoms with Crippen LogP contribution in [-0.2, 0) is 4.79 Å². The van der Waals surface area contributed by atoms with Crippen LogP contribution in [0.5, 0.6) is 0 Å². The molecule has 2 saturated carbocycles. The van der Waals surface area contributed by atoms with Gasteiger partial charge in [-0.05, 0) is 25.0 Å². The zero-order valence-corrected chi connectivity index (χ0v) is 11.3. The number of rotatable bonds is 2. The molecule has 1 aliphatic heterocycles. The minimum absolute atomic E-state index is 0.162. The SMILES string of the molecule is O=C1c2ccccc2C(=O)N1C1CC2C(F)(F)C2(C(=O)O)C1. The van der Waals surface area contributed by atoms with Crippen molar-refractivity contribution >= 4 is 17.8 Å². The second-order valence-corrected chi connectivity index (χ2v) is 6.07. The molecule has 7 heteroatoms. The number of alkyl halides is 2. The molecular weight excluding hydrogens is 296 g/mol. The van der Waals surface area contributed by atoms with E-state index in [2.05, 4.69) is 0 Å². The molecule has 2 amide bonds. The fraction of sp³-hybridized carbons (Fsp3) is 0.400. The van der Waals surface area contributed by atoms with Gasteiger partial charge in [0, 0.05) is 12.0 Å². The fourth-order valence-corrected chi connectivity index (χ4v) is 4.00. The van der Waals surface area contributed by atoms with E-state index in [1.165, 1.54) is 12.1 Å². The van der Waals surface area contributed by atoms with E-state index >= 15 is 0 Å². The summed E-state index contributed by atoms with van der Waals surface area (Å²) in [5, 5.41) is 9.15. The number of carboxylic acid groups (broad SMARTS) is 1. The highest BCUT2D eigenvalue weighted by atomic mass is 19.3.